The summed E-state index contributed by atoms with van der Waals surface area (Å²) in [6.07, 6.45) is 5.37. The fourth-order valence-corrected chi connectivity index (χ4v) is 9.38. The van der Waals surface area contributed by atoms with E-state index in [0.717, 1.165) is 74.5 Å². The highest BCUT2D eigenvalue weighted by Gasteiger charge is 2.35. The fraction of sp³-hybridized carbons (Fsp3) is 0.455. The first-order valence-electron chi connectivity index (χ1n) is 21.0. The third kappa shape index (κ3) is 7.80. The molecule has 2 aromatic heterocycles. The van der Waals surface area contributed by atoms with Gasteiger partial charge in [-0.05, 0) is 87.4 Å². The van der Waals surface area contributed by atoms with Crippen LogP contribution >= 0.6 is 0 Å². The van der Waals surface area contributed by atoms with E-state index in [0.29, 0.717) is 66.8 Å². The second kappa shape index (κ2) is 16.3. The van der Waals surface area contributed by atoms with Crippen molar-refractivity contribution in [2.24, 2.45) is 18.0 Å². The van der Waals surface area contributed by atoms with Crippen molar-refractivity contribution in [3.05, 3.63) is 77.1 Å². The molecule has 3 saturated heterocycles. The largest absolute Gasteiger partial charge is 0.477 e. The van der Waals surface area contributed by atoms with Crippen LogP contribution in [0.3, 0.4) is 0 Å². The Kier molecular flexibility index (Phi) is 10.7. The highest BCUT2D eigenvalue weighted by Crippen LogP contribution is 2.39. The molecule has 2 bridgehead atoms. The van der Waals surface area contributed by atoms with Crippen LogP contribution < -0.4 is 30.1 Å². The smallest absolute Gasteiger partial charge is 0.280 e. The molecule has 0 saturated carbocycles. The molecule has 60 heavy (non-hydrogen) atoms. The van der Waals surface area contributed by atoms with Gasteiger partial charge in [-0.15, -0.1) is 0 Å². The van der Waals surface area contributed by atoms with Crippen LogP contribution in [-0.2, 0) is 16.6 Å². The van der Waals surface area contributed by atoms with Gasteiger partial charge in [0.15, 0.2) is 0 Å². The number of anilines is 4. The van der Waals surface area contributed by atoms with Crippen molar-refractivity contribution in [3.63, 3.8) is 0 Å². The molecule has 2 aromatic carbocycles. The number of fused-ring (bicyclic) bond motifs is 7. The molecule has 7 heterocycles. The number of nitrogens with one attached hydrogen (secondary N) is 2. The van der Waals surface area contributed by atoms with Crippen molar-refractivity contribution < 1.29 is 27.9 Å². The first-order valence-corrected chi connectivity index (χ1v) is 21.0. The monoisotopic (exact) mass is 820 g/mol. The molecule has 0 unspecified atom stereocenters. The average Bonchev–Trinajstić information content (AvgIpc) is 3.77. The minimum Gasteiger partial charge on any atom is -0.477 e. The van der Waals surface area contributed by atoms with Gasteiger partial charge < -0.3 is 24.8 Å². The summed E-state index contributed by atoms with van der Waals surface area (Å²) in [4.78, 5) is 56.2. The van der Waals surface area contributed by atoms with Crippen LogP contribution in [0, 0.1) is 24.5 Å². The molecule has 2 N–H and O–H groups in total. The first-order chi connectivity index (χ1) is 29.0. The van der Waals surface area contributed by atoms with E-state index in [4.69, 9.17) is 9.72 Å². The molecule has 3 amide bonds. The number of hydrogen-bond acceptors (Lipinski definition) is 11. The molecule has 5 aliphatic heterocycles. The second-order valence-electron chi connectivity index (χ2n) is 16.7. The van der Waals surface area contributed by atoms with Crippen LogP contribution in [0.5, 0.6) is 5.88 Å². The molecule has 16 heteroatoms. The number of nitrogens with zero attached hydrogens (tertiary/aromatic N) is 8. The number of carbonyl (C=O) groups excluding carboxylic acids is 3. The minimum absolute atomic E-state index is 0.0572. The predicted molar refractivity (Wildman–Crippen MR) is 225 cm³/mol. The Bertz CT molecular complexity index is 2340. The third-order valence-corrected chi connectivity index (χ3v) is 12.6. The number of pyridine rings is 1. The van der Waals surface area contributed by atoms with Gasteiger partial charge in [0.05, 0.1) is 41.4 Å². The standard InChI is InChI=1S/C44H50F2N10O4/c1-26-5-4-18-60-43-33(24-47-52(43)3)37-20-28(19-27(2)48-37)41(58)51-44-49-36-8-6-30(23-38(36)56(44)25-26)55-16-14-54(15-17-55)29-10-12-53(13-11-29)31-21-34(45)40(35(46)22-31)32-7-9-39(57)50-42(32)59/h6,8,19-24,26,29,32H,4-5,7,9-18,25H2,1-3H3,(H,49,51,58)(H,50,57,59)/t26-,32-/m1/s1. The summed E-state index contributed by atoms with van der Waals surface area (Å²) < 4.78 is 38.5. The number of amides is 3. The Labute approximate surface area is 347 Å². The van der Waals surface area contributed by atoms with Gasteiger partial charge in [0.25, 0.3) is 5.91 Å². The van der Waals surface area contributed by atoms with Gasteiger partial charge in [-0.1, -0.05) is 6.92 Å². The maximum absolute atomic E-state index is 15.3. The number of piperidine rings is 2. The zero-order chi connectivity index (χ0) is 41.7. The third-order valence-electron chi connectivity index (χ3n) is 12.6. The second-order valence-corrected chi connectivity index (χ2v) is 16.7. The number of aromatic nitrogens is 3. The number of aliphatic imine (C=N–C) groups is 1. The summed E-state index contributed by atoms with van der Waals surface area (Å²) in [5.74, 6) is -2.54. The summed E-state index contributed by atoms with van der Waals surface area (Å²) in [5.41, 5.74) is 5.70. The van der Waals surface area contributed by atoms with Gasteiger partial charge in [0, 0.05) is 93.5 Å². The Morgan fingerprint density at radius 3 is 2.35 bits per heavy atom. The summed E-state index contributed by atoms with van der Waals surface area (Å²) in [6.45, 7) is 10.1. The molecular weight excluding hydrogens is 771 g/mol. The van der Waals surface area contributed by atoms with E-state index in [-0.39, 0.29) is 30.2 Å². The number of halogens is 2. The molecular formula is C44H50F2N10O4. The zero-order valence-corrected chi connectivity index (χ0v) is 34.2. The van der Waals surface area contributed by atoms with Gasteiger partial charge in [0.1, 0.15) is 11.6 Å². The van der Waals surface area contributed by atoms with Crippen molar-refractivity contribution >= 4 is 46.4 Å². The lowest BCUT2D eigenvalue weighted by atomic mass is 9.89. The number of benzene rings is 2. The van der Waals surface area contributed by atoms with Gasteiger partial charge in [-0.25, -0.2) is 13.5 Å². The number of aryl methyl sites for hydroxylation is 2. The van der Waals surface area contributed by atoms with Gasteiger partial charge in [-0.2, -0.15) is 10.1 Å². The van der Waals surface area contributed by atoms with Crippen LogP contribution in [0.2, 0.25) is 0 Å². The van der Waals surface area contributed by atoms with E-state index < -0.39 is 29.4 Å². The van der Waals surface area contributed by atoms with Gasteiger partial charge in [-0.3, -0.25) is 29.6 Å². The highest BCUT2D eigenvalue weighted by atomic mass is 19.1. The molecule has 0 aliphatic carbocycles. The number of rotatable bonds is 4. The van der Waals surface area contributed by atoms with Crippen LogP contribution in [-0.4, -0.2) is 102 Å². The number of ether oxygens (including phenoxy) is 1. The van der Waals surface area contributed by atoms with Crippen LogP contribution in [0.4, 0.5) is 31.5 Å². The van der Waals surface area contributed by atoms with Crippen LogP contribution in [0.15, 0.2) is 53.7 Å². The van der Waals surface area contributed by atoms with Crippen molar-refractivity contribution in [3.8, 4) is 17.1 Å². The number of carbonyl (C=O) groups is 3. The maximum Gasteiger partial charge on any atom is 0.280 e. The Balaban J connectivity index is 0.859. The quantitative estimate of drug-likeness (QED) is 0.248. The Hall–Kier alpha value is -5.90. The van der Waals surface area contributed by atoms with Crippen molar-refractivity contribution in [1.29, 1.82) is 0 Å². The lowest BCUT2D eigenvalue weighted by molar-refractivity contribution is -0.134. The molecule has 9 rings (SSSR count). The summed E-state index contributed by atoms with van der Waals surface area (Å²) >= 11 is 0. The fourth-order valence-electron chi connectivity index (χ4n) is 9.38. The van der Waals surface area contributed by atoms with E-state index in [2.05, 4.69) is 60.5 Å². The molecule has 5 aliphatic rings. The summed E-state index contributed by atoms with van der Waals surface area (Å²) in [7, 11) is 1.84. The van der Waals surface area contributed by atoms with E-state index in [1.807, 2.05) is 18.9 Å². The lowest BCUT2D eigenvalue weighted by Gasteiger charge is -2.44. The van der Waals surface area contributed by atoms with Crippen molar-refractivity contribution in [2.75, 3.05) is 72.4 Å². The summed E-state index contributed by atoms with van der Waals surface area (Å²) in [6, 6.07) is 12.9. The van der Waals surface area contributed by atoms with E-state index >= 15 is 8.78 Å². The van der Waals surface area contributed by atoms with E-state index in [1.54, 1.807) is 23.0 Å². The first kappa shape index (κ1) is 39.6. The maximum atomic E-state index is 15.3. The molecule has 0 spiro atoms. The Morgan fingerprint density at radius 2 is 1.60 bits per heavy atom. The Morgan fingerprint density at radius 1 is 0.850 bits per heavy atom. The van der Waals surface area contributed by atoms with Crippen molar-refractivity contribution in [1.82, 2.24) is 25.0 Å². The molecule has 2 atom stereocenters. The number of hydrogen-bond donors (Lipinski definition) is 2. The van der Waals surface area contributed by atoms with Gasteiger partial charge >= 0.3 is 0 Å². The average molecular weight is 821 g/mol. The highest BCUT2D eigenvalue weighted by molar-refractivity contribution is 6.19. The predicted octanol–water partition coefficient (Wildman–Crippen LogP) is 5.62. The number of piperazine rings is 1. The van der Waals surface area contributed by atoms with Crippen LogP contribution in [0.1, 0.15) is 73.0 Å². The van der Waals surface area contributed by atoms with E-state index in [1.165, 1.54) is 12.1 Å². The lowest BCUT2D eigenvalue weighted by Crippen LogP contribution is -2.53. The molecule has 4 aromatic rings. The minimum atomic E-state index is -1.01. The van der Waals surface area contributed by atoms with E-state index in [9.17, 15) is 14.4 Å². The molecule has 3 fully saturated rings. The van der Waals surface area contributed by atoms with Crippen LogP contribution in [0.25, 0.3) is 11.3 Å². The number of imide groups is 1. The zero-order valence-electron chi connectivity index (χ0n) is 34.2. The molecule has 314 valence electrons. The van der Waals surface area contributed by atoms with Crippen molar-refractivity contribution in [2.45, 2.75) is 64.3 Å². The SMILES string of the molecule is Cc1cc2cc(n1)-c1cnn(C)c1OCCC[C@@H](C)CN1/C(=N/C2=O)Nc2ccc(N3CCN(C4CCN(c5cc(F)c([C@H]6CCC(=O)NC6=O)c(F)c5)CC4)CC3)cc21. The topological polar surface area (TPSA) is 141 Å². The van der Waals surface area contributed by atoms with Gasteiger partial charge in [0.2, 0.25) is 23.7 Å². The molecule has 0 radical (unpaired) electrons. The molecule has 14 nitrogen and oxygen atoms in total. The number of guanidine groups is 1. The summed E-state index contributed by atoms with van der Waals surface area (Å²) in [5, 5.41) is 10.0. The normalized spacial score (nSPS) is 22.7.